The number of rotatable bonds is 5. The van der Waals surface area contributed by atoms with E-state index in [0.29, 0.717) is 11.3 Å². The topological polar surface area (TPSA) is 75.4 Å². The molecule has 1 aromatic rings. The molecule has 0 aliphatic rings. The van der Waals surface area contributed by atoms with E-state index in [1.807, 2.05) is 0 Å². The van der Waals surface area contributed by atoms with Crippen molar-refractivity contribution in [3.05, 3.63) is 29.8 Å². The SMILES string of the molecule is CC(c1cccc(N)c1)N(C)S(=O)(=O)NCC(F)(F)F. The number of nitrogen functional groups attached to an aromatic ring is 1. The van der Waals surface area contributed by atoms with Gasteiger partial charge < -0.3 is 5.73 Å². The van der Waals surface area contributed by atoms with E-state index in [1.165, 1.54) is 11.8 Å². The zero-order valence-electron chi connectivity index (χ0n) is 11.0. The average molecular weight is 311 g/mol. The van der Waals surface area contributed by atoms with Crippen LogP contribution in [0, 0.1) is 0 Å². The summed E-state index contributed by atoms with van der Waals surface area (Å²) in [7, 11) is -3.03. The van der Waals surface area contributed by atoms with E-state index >= 15 is 0 Å². The van der Waals surface area contributed by atoms with E-state index in [9.17, 15) is 21.6 Å². The molecule has 114 valence electrons. The van der Waals surface area contributed by atoms with Crippen LogP contribution in [-0.2, 0) is 10.2 Å². The summed E-state index contributed by atoms with van der Waals surface area (Å²) in [5.41, 5.74) is 6.62. The van der Waals surface area contributed by atoms with Gasteiger partial charge in [0.05, 0.1) is 0 Å². The third-order valence-corrected chi connectivity index (χ3v) is 4.36. The van der Waals surface area contributed by atoms with Crippen LogP contribution in [0.5, 0.6) is 0 Å². The van der Waals surface area contributed by atoms with Crippen LogP contribution < -0.4 is 10.5 Å². The molecular formula is C11H16F3N3O2S. The maximum atomic E-state index is 12.1. The Morgan fingerprint density at radius 1 is 1.40 bits per heavy atom. The van der Waals surface area contributed by atoms with Crippen molar-refractivity contribution in [1.29, 1.82) is 0 Å². The van der Waals surface area contributed by atoms with Crippen LogP contribution in [0.15, 0.2) is 24.3 Å². The van der Waals surface area contributed by atoms with E-state index in [4.69, 9.17) is 5.73 Å². The van der Waals surface area contributed by atoms with Crippen molar-refractivity contribution >= 4 is 15.9 Å². The van der Waals surface area contributed by atoms with Crippen LogP contribution in [-0.4, -0.2) is 32.5 Å². The predicted molar refractivity (Wildman–Crippen MR) is 70.0 cm³/mol. The van der Waals surface area contributed by atoms with Crippen molar-refractivity contribution in [2.75, 3.05) is 19.3 Å². The van der Waals surface area contributed by atoms with Crippen molar-refractivity contribution in [2.24, 2.45) is 0 Å². The summed E-state index contributed by atoms with van der Waals surface area (Å²) in [6, 6.07) is 5.85. The first-order chi connectivity index (χ1) is 9.03. The fraction of sp³-hybridized carbons (Fsp3) is 0.455. The van der Waals surface area contributed by atoms with Gasteiger partial charge in [-0.25, -0.2) is 0 Å². The fourth-order valence-corrected chi connectivity index (χ4v) is 2.60. The minimum Gasteiger partial charge on any atom is -0.399 e. The number of nitrogens with two attached hydrogens (primary N) is 1. The summed E-state index contributed by atoms with van der Waals surface area (Å²) >= 11 is 0. The summed E-state index contributed by atoms with van der Waals surface area (Å²) in [4.78, 5) is 0. The minimum atomic E-state index is -4.60. The molecule has 1 aromatic carbocycles. The number of halogens is 3. The lowest BCUT2D eigenvalue weighted by Gasteiger charge is -2.25. The predicted octanol–water partition coefficient (Wildman–Crippen LogP) is 1.66. The molecule has 0 heterocycles. The Labute approximate surface area is 115 Å². The van der Waals surface area contributed by atoms with E-state index in [0.717, 1.165) is 4.31 Å². The van der Waals surface area contributed by atoms with E-state index < -0.39 is 29.0 Å². The zero-order valence-corrected chi connectivity index (χ0v) is 11.8. The Morgan fingerprint density at radius 3 is 2.50 bits per heavy atom. The Kier molecular flexibility index (Phi) is 5.00. The molecule has 0 aliphatic carbocycles. The Hall–Kier alpha value is -1.32. The summed E-state index contributed by atoms with van der Waals surface area (Å²) in [6.07, 6.45) is -4.60. The van der Waals surface area contributed by atoms with Crippen LogP contribution in [0.25, 0.3) is 0 Å². The second kappa shape index (κ2) is 5.98. The van der Waals surface area contributed by atoms with Crippen LogP contribution >= 0.6 is 0 Å². The second-order valence-electron chi connectivity index (χ2n) is 4.30. The zero-order chi connectivity index (χ0) is 15.6. The number of alkyl halides is 3. The smallest absolute Gasteiger partial charge is 0.399 e. The number of hydrogen-bond acceptors (Lipinski definition) is 3. The summed E-state index contributed by atoms with van der Waals surface area (Å²) in [5, 5.41) is 0. The lowest BCUT2D eigenvalue weighted by molar-refractivity contribution is -0.121. The van der Waals surface area contributed by atoms with Gasteiger partial charge in [0, 0.05) is 18.8 Å². The van der Waals surface area contributed by atoms with Crippen molar-refractivity contribution in [3.8, 4) is 0 Å². The van der Waals surface area contributed by atoms with Gasteiger partial charge in [0.1, 0.15) is 6.54 Å². The Bertz CT molecular complexity index is 560. The largest absolute Gasteiger partial charge is 0.402 e. The van der Waals surface area contributed by atoms with Gasteiger partial charge >= 0.3 is 6.18 Å². The summed E-state index contributed by atoms with van der Waals surface area (Å²) in [6.45, 7) is -0.0507. The highest BCUT2D eigenvalue weighted by atomic mass is 32.2. The molecule has 20 heavy (non-hydrogen) atoms. The molecule has 0 amide bonds. The van der Waals surface area contributed by atoms with Gasteiger partial charge in [-0.3, -0.25) is 0 Å². The van der Waals surface area contributed by atoms with Crippen molar-refractivity contribution in [1.82, 2.24) is 9.03 Å². The lowest BCUT2D eigenvalue weighted by atomic mass is 10.1. The molecule has 0 saturated carbocycles. The number of nitrogens with one attached hydrogen (secondary N) is 1. The van der Waals surface area contributed by atoms with Crippen LogP contribution in [0.3, 0.4) is 0 Å². The highest BCUT2D eigenvalue weighted by molar-refractivity contribution is 7.87. The monoisotopic (exact) mass is 311 g/mol. The highest BCUT2D eigenvalue weighted by Crippen LogP contribution is 2.23. The van der Waals surface area contributed by atoms with Gasteiger partial charge in [-0.05, 0) is 24.6 Å². The molecular weight excluding hydrogens is 295 g/mol. The number of anilines is 1. The standard InChI is InChI=1S/C11H16F3N3O2S/c1-8(9-4-3-5-10(15)6-9)17(2)20(18,19)16-7-11(12,13)14/h3-6,8,16H,7,15H2,1-2H3. The molecule has 0 aliphatic heterocycles. The van der Waals surface area contributed by atoms with Crippen molar-refractivity contribution < 1.29 is 21.6 Å². The molecule has 0 radical (unpaired) electrons. The molecule has 0 aromatic heterocycles. The van der Waals surface area contributed by atoms with Gasteiger partial charge in [0.25, 0.3) is 10.2 Å². The summed E-state index contributed by atoms with van der Waals surface area (Å²) < 4.78 is 62.0. The van der Waals surface area contributed by atoms with E-state index in [2.05, 4.69) is 0 Å². The quantitative estimate of drug-likeness (QED) is 0.812. The second-order valence-corrected chi connectivity index (χ2v) is 6.12. The first-order valence-corrected chi connectivity index (χ1v) is 7.12. The normalized spacial score (nSPS) is 14.5. The lowest BCUT2D eigenvalue weighted by Crippen LogP contribution is -2.43. The van der Waals surface area contributed by atoms with Gasteiger partial charge in [-0.1, -0.05) is 12.1 Å². The maximum absolute atomic E-state index is 12.1. The molecule has 1 unspecified atom stereocenters. The first-order valence-electron chi connectivity index (χ1n) is 5.68. The molecule has 1 rings (SSSR count). The Balaban J connectivity index is 2.85. The molecule has 0 saturated heterocycles. The molecule has 0 bridgehead atoms. The van der Waals surface area contributed by atoms with Gasteiger partial charge in [-0.15, -0.1) is 0 Å². The summed E-state index contributed by atoms with van der Waals surface area (Å²) in [5.74, 6) is 0. The fourth-order valence-electron chi connectivity index (χ4n) is 1.51. The maximum Gasteiger partial charge on any atom is 0.402 e. The third-order valence-electron chi connectivity index (χ3n) is 2.77. The molecule has 9 heteroatoms. The van der Waals surface area contributed by atoms with Gasteiger partial charge in [0.15, 0.2) is 0 Å². The van der Waals surface area contributed by atoms with Gasteiger partial charge in [-0.2, -0.15) is 30.6 Å². The average Bonchev–Trinajstić information content (AvgIpc) is 2.34. The minimum absolute atomic E-state index is 0.448. The number of benzene rings is 1. The van der Waals surface area contributed by atoms with Crippen LogP contribution in [0.2, 0.25) is 0 Å². The molecule has 3 N–H and O–H groups in total. The third kappa shape index (κ3) is 4.66. The molecule has 5 nitrogen and oxygen atoms in total. The molecule has 0 spiro atoms. The van der Waals surface area contributed by atoms with E-state index in [-0.39, 0.29) is 0 Å². The Morgan fingerprint density at radius 2 is 2.00 bits per heavy atom. The molecule has 1 atom stereocenters. The first kappa shape index (κ1) is 16.7. The number of hydrogen-bond donors (Lipinski definition) is 2. The number of nitrogens with zero attached hydrogens (tertiary/aromatic N) is 1. The van der Waals surface area contributed by atoms with Crippen molar-refractivity contribution in [2.45, 2.75) is 19.1 Å². The van der Waals surface area contributed by atoms with Crippen LogP contribution in [0.1, 0.15) is 18.5 Å². The highest BCUT2D eigenvalue weighted by Gasteiger charge is 2.32. The van der Waals surface area contributed by atoms with Crippen molar-refractivity contribution in [3.63, 3.8) is 0 Å². The molecule has 0 fully saturated rings. The van der Waals surface area contributed by atoms with Crippen LogP contribution in [0.4, 0.5) is 18.9 Å². The van der Waals surface area contributed by atoms with Gasteiger partial charge in [0.2, 0.25) is 0 Å². The van der Waals surface area contributed by atoms with E-state index in [1.54, 1.807) is 31.2 Å².